The third kappa shape index (κ3) is 6.24. The van der Waals surface area contributed by atoms with Crippen molar-refractivity contribution in [3.8, 4) is 0 Å². The summed E-state index contributed by atoms with van der Waals surface area (Å²) in [4.78, 5) is 23.9. The Morgan fingerprint density at radius 2 is 1.53 bits per heavy atom. The fraction of sp³-hybridized carbons (Fsp3) is 0.758. The van der Waals surface area contributed by atoms with Crippen LogP contribution in [0.2, 0.25) is 0 Å². The number of esters is 1. The Bertz CT molecular complexity index is 1410. The van der Waals surface area contributed by atoms with Crippen molar-refractivity contribution < 1.29 is 75.9 Å². The maximum atomic E-state index is 12.2. The fourth-order valence-electron chi connectivity index (χ4n) is 7.57. The third-order valence-electron chi connectivity index (χ3n) is 9.60. The van der Waals surface area contributed by atoms with Crippen LogP contribution in [0.15, 0.2) is 30.3 Å². The molecule has 1 aromatic carbocycles. The van der Waals surface area contributed by atoms with Gasteiger partial charge in [-0.05, 0) is 34.6 Å². The zero-order valence-corrected chi connectivity index (χ0v) is 28.0. The van der Waals surface area contributed by atoms with E-state index in [1.165, 1.54) is 6.92 Å². The second-order valence-electron chi connectivity index (χ2n) is 14.2. The highest BCUT2D eigenvalue weighted by Crippen LogP contribution is 2.47. The molecule has 0 saturated carbocycles. The zero-order valence-electron chi connectivity index (χ0n) is 28.0. The van der Waals surface area contributed by atoms with E-state index in [-0.39, 0.29) is 19.8 Å². The van der Waals surface area contributed by atoms with Crippen LogP contribution >= 0.6 is 0 Å². The highest BCUT2D eigenvalue weighted by molar-refractivity contribution is 5.67. The summed E-state index contributed by atoms with van der Waals surface area (Å²) in [5.41, 5.74) is -0.351. The Labute approximate surface area is 282 Å². The van der Waals surface area contributed by atoms with Gasteiger partial charge in [0.25, 0.3) is 0 Å². The number of ether oxygens (including phenoxy) is 14. The van der Waals surface area contributed by atoms with Gasteiger partial charge < -0.3 is 66.3 Å². The van der Waals surface area contributed by atoms with E-state index in [1.54, 1.807) is 6.92 Å². The lowest BCUT2D eigenvalue weighted by Gasteiger charge is -2.39. The van der Waals surface area contributed by atoms with Crippen LogP contribution in [0.25, 0.3) is 0 Å². The summed E-state index contributed by atoms with van der Waals surface area (Å²) < 4.78 is 85.0. The Hall–Kier alpha value is -2.48. The summed E-state index contributed by atoms with van der Waals surface area (Å²) in [6.07, 6.45) is -10.5. The Balaban J connectivity index is 0.986. The summed E-state index contributed by atoms with van der Waals surface area (Å²) in [7, 11) is 0. The minimum Gasteiger partial charge on any atom is -0.456 e. The molecule has 14 atom stereocenters. The van der Waals surface area contributed by atoms with Crippen molar-refractivity contribution in [2.75, 3.05) is 19.8 Å². The molecule has 0 spiro atoms. The number of rotatable bonds is 8. The number of hydrogen-bond acceptors (Lipinski definition) is 16. The van der Waals surface area contributed by atoms with Crippen molar-refractivity contribution in [3.05, 3.63) is 35.9 Å². The van der Waals surface area contributed by atoms with E-state index in [2.05, 4.69) is 0 Å². The first kappa shape index (κ1) is 33.7. The molecule has 0 N–H and O–H groups in total. The lowest BCUT2D eigenvalue weighted by molar-refractivity contribution is -0.283. The maximum Gasteiger partial charge on any atom is 0.509 e. The highest BCUT2D eigenvalue weighted by Gasteiger charge is 2.64. The maximum absolute atomic E-state index is 12.2. The topological polar surface area (TPSA) is 163 Å². The Morgan fingerprint density at radius 1 is 0.816 bits per heavy atom. The molecule has 7 aliphatic heterocycles. The number of carbonyl (C=O) groups is 2. The standard InChI is InChI=1S/C33H42O16/c1-15-19(40-16(2)34)21-23(43-30(35)42-21)27(39-15)37-13-33-14-38-29(25(33)44-26(49-33)17-10-8-7-9-11-17)36-12-18-20-22(46-31(3,4)45-20)24-28(41-18)48-32(5,6)47-24/h7-11,15,18-29H,12-14H2,1-6H3/t15-,18+,19-,20-,21+,22-,23+,24+,25-,26-,27+,28+,29+,33+/m0/s1. The van der Waals surface area contributed by atoms with Gasteiger partial charge in [-0.3, -0.25) is 4.79 Å². The molecule has 7 aliphatic rings. The molecule has 7 saturated heterocycles. The van der Waals surface area contributed by atoms with Gasteiger partial charge in [0.05, 0.1) is 25.9 Å². The molecule has 270 valence electrons. The smallest absolute Gasteiger partial charge is 0.456 e. The van der Waals surface area contributed by atoms with Gasteiger partial charge in [-0.2, -0.15) is 0 Å². The average Bonchev–Trinajstić information content (AvgIpc) is 3.83. The summed E-state index contributed by atoms with van der Waals surface area (Å²) in [6, 6.07) is 9.47. The molecule has 16 nitrogen and oxygen atoms in total. The molecule has 1 aromatic rings. The zero-order chi connectivity index (χ0) is 34.3. The molecule has 49 heavy (non-hydrogen) atoms. The lowest BCUT2D eigenvalue weighted by Crippen LogP contribution is -2.58. The highest BCUT2D eigenvalue weighted by atomic mass is 16.9. The molecular formula is C33H42O16. The van der Waals surface area contributed by atoms with Gasteiger partial charge in [-0.25, -0.2) is 4.79 Å². The molecule has 8 rings (SSSR count). The summed E-state index contributed by atoms with van der Waals surface area (Å²) in [5.74, 6) is -2.26. The van der Waals surface area contributed by atoms with Gasteiger partial charge in [0.2, 0.25) is 0 Å². The molecule has 0 unspecified atom stereocenters. The van der Waals surface area contributed by atoms with Crippen molar-refractivity contribution in [1.29, 1.82) is 0 Å². The van der Waals surface area contributed by atoms with Gasteiger partial charge in [-0.1, -0.05) is 30.3 Å². The molecule has 0 bridgehead atoms. The molecule has 0 radical (unpaired) electrons. The monoisotopic (exact) mass is 694 g/mol. The van der Waals surface area contributed by atoms with E-state index in [1.807, 2.05) is 58.0 Å². The van der Waals surface area contributed by atoms with Crippen molar-refractivity contribution in [1.82, 2.24) is 0 Å². The third-order valence-corrected chi connectivity index (χ3v) is 9.60. The molecule has 0 amide bonds. The number of carbonyl (C=O) groups excluding carboxylic acids is 2. The molecule has 7 heterocycles. The SMILES string of the molecule is CC(=O)O[C@@H]1[C@H]2OC(=O)O[C@H]2[C@H](OC[C@@]23CO[C@@H](OC[C@H]4O[C@@H]5OC(C)(C)O[C@@H]5[C@H]5OC(C)(C)O[C@H]54)[C@@H]2O[C@H](c2ccccc2)O3)O[C@H]1C. The van der Waals surface area contributed by atoms with Crippen LogP contribution in [0.1, 0.15) is 53.4 Å². The summed E-state index contributed by atoms with van der Waals surface area (Å²) in [5, 5.41) is 0. The first-order chi connectivity index (χ1) is 23.3. The fourth-order valence-corrected chi connectivity index (χ4v) is 7.57. The molecule has 16 heteroatoms. The number of hydrogen-bond donors (Lipinski definition) is 0. The van der Waals surface area contributed by atoms with Crippen LogP contribution < -0.4 is 0 Å². The minimum atomic E-state index is -1.15. The number of fused-ring (bicyclic) bond motifs is 5. The van der Waals surface area contributed by atoms with E-state index < -0.39 is 109 Å². The van der Waals surface area contributed by atoms with Gasteiger partial charge in [-0.15, -0.1) is 0 Å². The first-order valence-corrected chi connectivity index (χ1v) is 16.6. The van der Waals surface area contributed by atoms with Crippen LogP contribution in [0, 0.1) is 0 Å². The second-order valence-corrected chi connectivity index (χ2v) is 14.2. The quantitative estimate of drug-likeness (QED) is 0.364. The molecule has 7 fully saturated rings. The second kappa shape index (κ2) is 12.3. The van der Waals surface area contributed by atoms with Crippen LogP contribution in [-0.4, -0.2) is 123 Å². The first-order valence-electron chi connectivity index (χ1n) is 16.6. The van der Waals surface area contributed by atoms with E-state index in [9.17, 15) is 9.59 Å². The van der Waals surface area contributed by atoms with Crippen LogP contribution in [0.3, 0.4) is 0 Å². The van der Waals surface area contributed by atoms with Gasteiger partial charge in [0.1, 0.15) is 36.1 Å². The van der Waals surface area contributed by atoms with E-state index >= 15 is 0 Å². The van der Waals surface area contributed by atoms with Gasteiger partial charge >= 0.3 is 12.1 Å². The van der Waals surface area contributed by atoms with Crippen LogP contribution in [0.4, 0.5) is 4.79 Å². The van der Waals surface area contributed by atoms with Crippen molar-refractivity contribution >= 4 is 12.1 Å². The van der Waals surface area contributed by atoms with Gasteiger partial charge in [0, 0.05) is 12.5 Å². The predicted octanol–water partition coefficient (Wildman–Crippen LogP) is 2.21. The van der Waals surface area contributed by atoms with Crippen molar-refractivity contribution in [3.63, 3.8) is 0 Å². The van der Waals surface area contributed by atoms with E-state index in [4.69, 9.17) is 66.3 Å². The Morgan fingerprint density at radius 3 is 2.31 bits per heavy atom. The Kier molecular flexibility index (Phi) is 8.47. The lowest BCUT2D eigenvalue weighted by atomic mass is 9.98. The van der Waals surface area contributed by atoms with E-state index in [0.29, 0.717) is 0 Å². The largest absolute Gasteiger partial charge is 0.509 e. The van der Waals surface area contributed by atoms with Crippen LogP contribution in [0.5, 0.6) is 0 Å². The van der Waals surface area contributed by atoms with Crippen LogP contribution in [-0.2, 0) is 71.1 Å². The predicted molar refractivity (Wildman–Crippen MR) is 157 cm³/mol. The van der Waals surface area contributed by atoms with Gasteiger partial charge in [0.15, 0.2) is 55.0 Å². The normalized spacial score (nSPS) is 45.9. The summed E-state index contributed by atoms with van der Waals surface area (Å²) >= 11 is 0. The minimum absolute atomic E-state index is 0.0501. The number of benzene rings is 1. The molecule has 0 aromatic heterocycles. The summed E-state index contributed by atoms with van der Waals surface area (Å²) in [6.45, 7) is 10.3. The average molecular weight is 695 g/mol. The van der Waals surface area contributed by atoms with Crippen molar-refractivity contribution in [2.24, 2.45) is 0 Å². The van der Waals surface area contributed by atoms with E-state index in [0.717, 1.165) is 5.56 Å². The molecule has 0 aliphatic carbocycles. The molecular weight excluding hydrogens is 652 g/mol. The van der Waals surface area contributed by atoms with Crippen molar-refractivity contribution in [2.45, 2.75) is 139 Å².